The number of fused-ring (bicyclic) bond motifs is 5. The summed E-state index contributed by atoms with van der Waals surface area (Å²) in [5, 5.41) is 0. The molecular weight excluding hydrogens is 516 g/mol. The molecule has 0 aromatic heterocycles. The van der Waals surface area contributed by atoms with Gasteiger partial charge >= 0.3 is 11.8 Å². The Balaban J connectivity index is 1.85. The van der Waals surface area contributed by atoms with Crippen molar-refractivity contribution in [3.05, 3.63) is 53.3 Å². The minimum atomic E-state index is -5.25. The molecule has 2 aliphatic heterocycles. The molecule has 1 N–H and O–H groups in total. The first-order valence-electron chi connectivity index (χ1n) is 10.8. The van der Waals surface area contributed by atoms with Crippen LogP contribution in [0.1, 0.15) is 5.56 Å². The highest BCUT2D eigenvalue weighted by Crippen LogP contribution is 2.37. The fourth-order valence-corrected chi connectivity index (χ4v) is 5.19. The third kappa shape index (κ3) is 4.83. The Bertz CT molecular complexity index is 1280. The van der Waals surface area contributed by atoms with Crippen molar-refractivity contribution < 1.29 is 44.3 Å². The summed E-state index contributed by atoms with van der Waals surface area (Å²) >= 11 is 0. The third-order valence-electron chi connectivity index (χ3n) is 6.16. The van der Waals surface area contributed by atoms with Gasteiger partial charge in [-0.2, -0.15) is 8.78 Å². The average Bonchev–Trinajstić information content (AvgIpc) is 3.09. The molecule has 2 aliphatic rings. The maximum absolute atomic E-state index is 15.6. The van der Waals surface area contributed by atoms with Gasteiger partial charge in [-0.05, 0) is 18.1 Å². The molecule has 14 heteroatoms. The zero-order valence-corrected chi connectivity index (χ0v) is 19.5. The maximum atomic E-state index is 15.6. The van der Waals surface area contributed by atoms with Gasteiger partial charge in [0, 0.05) is 24.2 Å². The molecule has 0 saturated carbocycles. The van der Waals surface area contributed by atoms with Gasteiger partial charge < -0.3 is 14.5 Å². The monoisotopic (exact) mass is 537 g/mol. The number of halogens is 6. The van der Waals surface area contributed by atoms with Crippen LogP contribution < -0.4 is 9.46 Å². The van der Waals surface area contributed by atoms with E-state index in [2.05, 4.69) is 0 Å². The summed E-state index contributed by atoms with van der Waals surface area (Å²) < 4.78 is 116. The largest absolute Gasteiger partial charge is 0.488 e. The first kappa shape index (κ1) is 26.1. The molecule has 0 radical (unpaired) electrons. The summed E-state index contributed by atoms with van der Waals surface area (Å²) in [7, 11) is -3.94. The minimum absolute atomic E-state index is 0.164. The number of nitrogens with one attached hydrogen (secondary N) is 1. The number of benzene rings is 2. The van der Waals surface area contributed by atoms with Gasteiger partial charge in [0.05, 0.1) is 25.2 Å². The maximum Gasteiger partial charge on any atom is 0.350 e. The number of sulfonamides is 1. The van der Waals surface area contributed by atoms with E-state index in [9.17, 15) is 35.2 Å². The Kier molecular flexibility index (Phi) is 7.10. The molecule has 1 fully saturated rings. The van der Waals surface area contributed by atoms with Crippen molar-refractivity contribution in [1.82, 2.24) is 14.5 Å². The van der Waals surface area contributed by atoms with Crippen LogP contribution in [0, 0.1) is 17.5 Å². The number of amides is 2. The van der Waals surface area contributed by atoms with Crippen molar-refractivity contribution in [3.63, 3.8) is 0 Å². The second-order valence-corrected chi connectivity index (χ2v) is 10.2. The molecule has 2 aromatic carbocycles. The highest BCUT2D eigenvalue weighted by molar-refractivity contribution is 7.89. The summed E-state index contributed by atoms with van der Waals surface area (Å²) in [5.41, 5.74) is -0.671. The molecule has 4 rings (SSSR count). The van der Waals surface area contributed by atoms with E-state index in [0.717, 1.165) is 15.9 Å². The zero-order valence-electron chi connectivity index (χ0n) is 18.7. The van der Waals surface area contributed by atoms with Gasteiger partial charge in [-0.25, -0.2) is 35.5 Å². The molecule has 7 nitrogen and oxygen atoms in total. The molecule has 2 heterocycles. The van der Waals surface area contributed by atoms with E-state index in [1.165, 1.54) is 25.2 Å². The number of carbonyl (C=O) groups is 1. The van der Waals surface area contributed by atoms with Crippen LogP contribution >= 0.6 is 0 Å². The lowest BCUT2D eigenvalue weighted by Gasteiger charge is -2.31. The molecule has 196 valence electrons. The molecule has 0 unspecified atom stereocenters. The molecule has 2 aromatic rings. The molecule has 1 saturated heterocycles. The average molecular weight is 537 g/mol. The van der Waals surface area contributed by atoms with E-state index < -0.39 is 76.2 Å². The van der Waals surface area contributed by atoms with Crippen LogP contribution in [0.3, 0.4) is 0 Å². The first-order valence-corrected chi connectivity index (χ1v) is 12.3. The number of carbonyl (C=O) groups excluding carboxylic acids is 1. The van der Waals surface area contributed by atoms with Crippen molar-refractivity contribution in [2.45, 2.75) is 30.4 Å². The van der Waals surface area contributed by atoms with Crippen LogP contribution in [0.15, 0.2) is 30.3 Å². The minimum Gasteiger partial charge on any atom is -0.488 e. The van der Waals surface area contributed by atoms with Crippen LogP contribution in [0.25, 0.3) is 11.1 Å². The standard InChI is InChI=1S/C22H21F6N3O4S/c1-30-5-6-35-20-14(8-12(23)9-15(20)24)13-4-2-3-11(18(13)26)7-17-19(29-36(33,34)21(27)28)16(25)10-31(17)22(30)32/h2-4,8-9,16-17,19,21,29H,5-7,10H2,1H3/t16-,17-,19-/m0/s1. The van der Waals surface area contributed by atoms with E-state index in [1.54, 1.807) is 4.72 Å². The number of urea groups is 1. The molecule has 36 heavy (non-hydrogen) atoms. The molecule has 0 aliphatic carbocycles. The Morgan fingerprint density at radius 2 is 1.86 bits per heavy atom. The van der Waals surface area contributed by atoms with E-state index in [1.807, 2.05) is 0 Å². The normalized spacial score (nSPS) is 22.9. The van der Waals surface area contributed by atoms with Gasteiger partial charge in [0.2, 0.25) is 0 Å². The van der Waals surface area contributed by atoms with E-state index in [4.69, 9.17) is 4.74 Å². The topological polar surface area (TPSA) is 79.0 Å². The molecular formula is C22H21F6N3O4S. The van der Waals surface area contributed by atoms with Gasteiger partial charge in [-0.3, -0.25) is 0 Å². The van der Waals surface area contributed by atoms with Gasteiger partial charge in [0.25, 0.3) is 10.0 Å². The quantitative estimate of drug-likeness (QED) is 0.610. The fourth-order valence-electron chi connectivity index (χ4n) is 4.40. The first-order chi connectivity index (χ1) is 16.9. The summed E-state index contributed by atoms with van der Waals surface area (Å²) in [6.07, 6.45) is -2.55. The van der Waals surface area contributed by atoms with E-state index >= 15 is 4.39 Å². The Morgan fingerprint density at radius 1 is 1.14 bits per heavy atom. The lowest BCUT2D eigenvalue weighted by Crippen LogP contribution is -2.52. The summed E-state index contributed by atoms with van der Waals surface area (Å²) in [4.78, 5) is 15.1. The van der Waals surface area contributed by atoms with E-state index in [-0.39, 0.29) is 29.8 Å². The number of nitrogens with zero attached hydrogens (tertiary/aromatic N) is 2. The van der Waals surface area contributed by atoms with Crippen molar-refractivity contribution in [2.24, 2.45) is 0 Å². The lowest BCUT2D eigenvalue weighted by molar-refractivity contribution is 0.145. The summed E-state index contributed by atoms with van der Waals surface area (Å²) in [6, 6.07) is 1.27. The second-order valence-electron chi connectivity index (χ2n) is 8.48. The zero-order chi connectivity index (χ0) is 26.4. The lowest BCUT2D eigenvalue weighted by atomic mass is 9.95. The number of alkyl halides is 3. The van der Waals surface area contributed by atoms with Gasteiger partial charge in [-0.15, -0.1) is 0 Å². The van der Waals surface area contributed by atoms with Gasteiger partial charge in [0.15, 0.2) is 11.6 Å². The molecule has 3 atom stereocenters. The predicted molar refractivity (Wildman–Crippen MR) is 116 cm³/mol. The van der Waals surface area contributed by atoms with E-state index in [0.29, 0.717) is 6.07 Å². The van der Waals surface area contributed by atoms with Crippen LogP contribution in [0.2, 0.25) is 0 Å². The number of rotatable bonds is 3. The Labute approximate surface area is 202 Å². The Hall–Kier alpha value is -3.00. The van der Waals surface area contributed by atoms with Crippen LogP contribution in [0.4, 0.5) is 31.1 Å². The summed E-state index contributed by atoms with van der Waals surface area (Å²) in [6.45, 7) is -1.12. The number of hydrogen-bond donors (Lipinski definition) is 1. The molecule has 2 bridgehead atoms. The fraction of sp³-hybridized carbons (Fsp3) is 0.409. The second kappa shape index (κ2) is 9.81. The van der Waals surface area contributed by atoms with Crippen molar-refractivity contribution in [1.29, 1.82) is 0 Å². The highest BCUT2D eigenvalue weighted by Gasteiger charge is 2.48. The summed E-state index contributed by atoms with van der Waals surface area (Å²) in [5.74, 6) is -7.38. The number of hydrogen-bond acceptors (Lipinski definition) is 4. The third-order valence-corrected chi connectivity index (χ3v) is 7.23. The predicted octanol–water partition coefficient (Wildman–Crippen LogP) is 3.29. The number of ether oxygens (including phenoxy) is 1. The SMILES string of the molecule is CN1CCOc2c(F)cc(F)cc2-c2cccc(c2F)C[C@H]2[C@@H](NS(=O)(=O)C(F)F)[C@@H](F)CN2C1=O. The van der Waals surface area contributed by atoms with Gasteiger partial charge in [-0.1, -0.05) is 18.2 Å². The Morgan fingerprint density at radius 3 is 2.56 bits per heavy atom. The van der Waals surface area contributed by atoms with Crippen LogP contribution in [-0.4, -0.2) is 75.0 Å². The smallest absolute Gasteiger partial charge is 0.350 e. The van der Waals surface area contributed by atoms with Crippen molar-refractivity contribution in [3.8, 4) is 16.9 Å². The van der Waals surface area contributed by atoms with Crippen LogP contribution in [-0.2, 0) is 16.4 Å². The molecule has 0 spiro atoms. The number of likely N-dealkylation sites (N-methyl/N-ethyl adjacent to an activating group) is 1. The van der Waals surface area contributed by atoms with Crippen molar-refractivity contribution in [2.75, 3.05) is 26.7 Å². The molecule has 2 amide bonds. The van der Waals surface area contributed by atoms with Crippen molar-refractivity contribution >= 4 is 16.1 Å². The van der Waals surface area contributed by atoms with Gasteiger partial charge in [0.1, 0.15) is 24.4 Å². The van der Waals surface area contributed by atoms with Crippen LogP contribution in [0.5, 0.6) is 5.75 Å². The highest BCUT2D eigenvalue weighted by atomic mass is 32.2.